The van der Waals surface area contributed by atoms with Crippen LogP contribution in [0.15, 0.2) is 6.07 Å². The van der Waals surface area contributed by atoms with E-state index in [-0.39, 0.29) is 11.4 Å². The van der Waals surface area contributed by atoms with E-state index in [0.717, 1.165) is 7.11 Å². The number of nitrogens with zero attached hydrogens (tertiary/aromatic N) is 1. The summed E-state index contributed by atoms with van der Waals surface area (Å²) in [6, 6.07) is 1.28. The summed E-state index contributed by atoms with van der Waals surface area (Å²) in [5.74, 6) is -0.767. The highest BCUT2D eigenvalue weighted by Crippen LogP contribution is 2.26. The third-order valence-electron chi connectivity index (χ3n) is 2.00. The Hall–Kier alpha value is -1.72. The van der Waals surface area contributed by atoms with Crippen LogP contribution >= 0.6 is 0 Å². The van der Waals surface area contributed by atoms with Crippen molar-refractivity contribution in [2.75, 3.05) is 14.2 Å². The summed E-state index contributed by atoms with van der Waals surface area (Å²) in [7, 11) is 2.44. The van der Waals surface area contributed by atoms with E-state index < -0.39 is 18.1 Å². The maximum atomic E-state index is 12.6. The molecule has 1 aromatic rings. The molecule has 0 atom stereocenters. The molecule has 0 spiro atoms. The van der Waals surface area contributed by atoms with E-state index in [1.54, 1.807) is 6.92 Å². The number of methoxy groups -OCH3 is 2. The first-order chi connectivity index (χ1) is 7.51. The maximum absolute atomic E-state index is 12.6. The summed E-state index contributed by atoms with van der Waals surface area (Å²) < 4.78 is 34.5. The fraction of sp³-hybridized carbons (Fsp3) is 0.400. The molecule has 88 valence electrons. The van der Waals surface area contributed by atoms with E-state index >= 15 is 0 Å². The third-order valence-corrected chi connectivity index (χ3v) is 2.00. The van der Waals surface area contributed by atoms with Gasteiger partial charge < -0.3 is 9.47 Å². The van der Waals surface area contributed by atoms with Crippen LogP contribution in [0.1, 0.15) is 28.0 Å². The summed E-state index contributed by atoms with van der Waals surface area (Å²) in [6.45, 7) is 1.60. The van der Waals surface area contributed by atoms with E-state index in [2.05, 4.69) is 9.72 Å². The molecule has 0 aliphatic carbocycles. The summed E-state index contributed by atoms with van der Waals surface area (Å²) in [5.41, 5.74) is -0.377. The molecule has 0 bridgehead atoms. The molecule has 1 heterocycles. The molecular formula is C10H11F2NO3. The standard InChI is InChI=1S/C10H11F2NO3/c1-5-4-6(10(14)16-3)7(8(11)12)13-9(5)15-2/h4,8H,1-3H3. The first-order valence-electron chi connectivity index (χ1n) is 4.43. The van der Waals surface area contributed by atoms with Gasteiger partial charge in [0.05, 0.1) is 19.8 Å². The van der Waals surface area contributed by atoms with E-state index in [1.807, 2.05) is 0 Å². The molecule has 0 N–H and O–H groups in total. The van der Waals surface area contributed by atoms with Crippen LogP contribution in [0.5, 0.6) is 5.88 Å². The van der Waals surface area contributed by atoms with E-state index in [1.165, 1.54) is 13.2 Å². The van der Waals surface area contributed by atoms with E-state index in [9.17, 15) is 13.6 Å². The van der Waals surface area contributed by atoms with Gasteiger partial charge in [-0.05, 0) is 13.0 Å². The van der Waals surface area contributed by atoms with E-state index in [4.69, 9.17) is 4.74 Å². The number of halogens is 2. The number of ether oxygens (including phenoxy) is 2. The summed E-state index contributed by atoms with van der Waals surface area (Å²) >= 11 is 0. The van der Waals surface area contributed by atoms with Crippen LogP contribution < -0.4 is 4.74 Å². The molecule has 0 aromatic carbocycles. The minimum absolute atomic E-state index is 0.0722. The average Bonchev–Trinajstić information content (AvgIpc) is 2.27. The van der Waals surface area contributed by atoms with Crippen LogP contribution in [-0.4, -0.2) is 25.2 Å². The van der Waals surface area contributed by atoms with Crippen molar-refractivity contribution in [3.8, 4) is 5.88 Å². The lowest BCUT2D eigenvalue weighted by molar-refractivity contribution is 0.0586. The predicted octanol–water partition coefficient (Wildman–Crippen LogP) is 2.12. The van der Waals surface area contributed by atoms with Gasteiger partial charge in [-0.15, -0.1) is 0 Å². The number of alkyl halides is 2. The van der Waals surface area contributed by atoms with Crippen molar-refractivity contribution in [3.05, 3.63) is 22.9 Å². The molecule has 16 heavy (non-hydrogen) atoms. The number of hydrogen-bond donors (Lipinski definition) is 0. The minimum Gasteiger partial charge on any atom is -0.481 e. The number of carbonyl (C=O) groups excluding carboxylic acids is 1. The van der Waals surface area contributed by atoms with Gasteiger partial charge in [-0.1, -0.05) is 0 Å². The summed E-state index contributed by atoms with van der Waals surface area (Å²) in [6.07, 6.45) is -2.86. The number of carbonyl (C=O) groups is 1. The fourth-order valence-corrected chi connectivity index (χ4v) is 1.26. The van der Waals surface area contributed by atoms with Crippen molar-refractivity contribution in [2.45, 2.75) is 13.3 Å². The molecule has 0 saturated carbocycles. The zero-order valence-electron chi connectivity index (χ0n) is 9.08. The zero-order chi connectivity index (χ0) is 12.3. The average molecular weight is 231 g/mol. The monoisotopic (exact) mass is 231 g/mol. The quantitative estimate of drug-likeness (QED) is 0.747. The Kier molecular flexibility index (Phi) is 3.76. The molecule has 0 radical (unpaired) electrons. The molecule has 0 fully saturated rings. The van der Waals surface area contributed by atoms with Crippen molar-refractivity contribution >= 4 is 5.97 Å². The number of aromatic nitrogens is 1. The molecule has 0 aliphatic heterocycles. The Bertz CT molecular complexity index is 407. The van der Waals surface area contributed by atoms with Gasteiger partial charge in [0, 0.05) is 5.56 Å². The first kappa shape index (κ1) is 12.4. The van der Waals surface area contributed by atoms with E-state index in [0.29, 0.717) is 5.56 Å². The smallest absolute Gasteiger partial charge is 0.339 e. The molecule has 1 aromatic heterocycles. The largest absolute Gasteiger partial charge is 0.481 e. The second-order valence-corrected chi connectivity index (χ2v) is 3.04. The highest BCUT2D eigenvalue weighted by molar-refractivity contribution is 5.91. The Balaban J connectivity index is 3.36. The number of rotatable bonds is 3. The van der Waals surface area contributed by atoms with Gasteiger partial charge in [-0.2, -0.15) is 0 Å². The van der Waals surface area contributed by atoms with Gasteiger partial charge in [0.1, 0.15) is 5.69 Å². The van der Waals surface area contributed by atoms with Gasteiger partial charge in [0.15, 0.2) is 0 Å². The second kappa shape index (κ2) is 4.87. The van der Waals surface area contributed by atoms with Crippen molar-refractivity contribution in [1.29, 1.82) is 0 Å². The van der Waals surface area contributed by atoms with Crippen molar-refractivity contribution < 1.29 is 23.0 Å². The highest BCUT2D eigenvalue weighted by Gasteiger charge is 2.23. The van der Waals surface area contributed by atoms with Gasteiger partial charge in [0.2, 0.25) is 5.88 Å². The van der Waals surface area contributed by atoms with Crippen molar-refractivity contribution in [2.24, 2.45) is 0 Å². The van der Waals surface area contributed by atoms with Crippen molar-refractivity contribution in [3.63, 3.8) is 0 Å². The molecule has 4 nitrogen and oxygen atoms in total. The number of esters is 1. The zero-order valence-corrected chi connectivity index (χ0v) is 9.08. The minimum atomic E-state index is -2.86. The van der Waals surface area contributed by atoms with Crippen LogP contribution in [0.2, 0.25) is 0 Å². The first-order valence-corrected chi connectivity index (χ1v) is 4.43. The fourth-order valence-electron chi connectivity index (χ4n) is 1.26. The molecule has 0 aliphatic rings. The number of hydrogen-bond acceptors (Lipinski definition) is 4. The number of aryl methyl sites for hydroxylation is 1. The lowest BCUT2D eigenvalue weighted by Gasteiger charge is -2.10. The molecule has 1 rings (SSSR count). The molecule has 0 saturated heterocycles. The Morgan fingerprint density at radius 2 is 2.06 bits per heavy atom. The summed E-state index contributed by atoms with van der Waals surface area (Å²) in [4.78, 5) is 14.8. The van der Waals surface area contributed by atoms with Gasteiger partial charge in [-0.25, -0.2) is 18.6 Å². The van der Waals surface area contributed by atoms with Gasteiger partial charge >= 0.3 is 5.97 Å². The maximum Gasteiger partial charge on any atom is 0.339 e. The lowest BCUT2D eigenvalue weighted by Crippen LogP contribution is -2.10. The van der Waals surface area contributed by atoms with Crippen molar-refractivity contribution in [1.82, 2.24) is 4.98 Å². The predicted molar refractivity (Wildman–Crippen MR) is 51.8 cm³/mol. The normalized spacial score (nSPS) is 10.4. The Morgan fingerprint density at radius 1 is 1.44 bits per heavy atom. The van der Waals surface area contributed by atoms with Gasteiger partial charge in [0.25, 0.3) is 6.43 Å². The number of pyridine rings is 1. The second-order valence-electron chi connectivity index (χ2n) is 3.04. The van der Waals surface area contributed by atoms with Crippen LogP contribution in [0.3, 0.4) is 0 Å². The van der Waals surface area contributed by atoms with Crippen LogP contribution in [0.25, 0.3) is 0 Å². The van der Waals surface area contributed by atoms with Gasteiger partial charge in [-0.3, -0.25) is 0 Å². The topological polar surface area (TPSA) is 48.4 Å². The van der Waals surface area contributed by atoms with Crippen LogP contribution in [0, 0.1) is 6.92 Å². The molecular weight excluding hydrogens is 220 g/mol. The molecule has 0 unspecified atom stereocenters. The molecule has 6 heteroatoms. The molecule has 0 amide bonds. The highest BCUT2D eigenvalue weighted by atomic mass is 19.3. The lowest BCUT2D eigenvalue weighted by atomic mass is 10.1. The SMILES string of the molecule is COC(=O)c1cc(C)c(OC)nc1C(F)F. The summed E-state index contributed by atoms with van der Waals surface area (Å²) in [5, 5.41) is 0. The van der Waals surface area contributed by atoms with Crippen LogP contribution in [0.4, 0.5) is 8.78 Å². The third kappa shape index (κ3) is 2.26. The Labute approximate surface area is 91.2 Å². The Morgan fingerprint density at radius 3 is 2.50 bits per heavy atom. The van der Waals surface area contributed by atoms with Crippen LogP contribution in [-0.2, 0) is 4.74 Å².